The number of nitriles is 1. The Kier molecular flexibility index (Phi) is 6.24. The van der Waals surface area contributed by atoms with Crippen molar-refractivity contribution >= 4 is 11.6 Å². The van der Waals surface area contributed by atoms with Crippen LogP contribution >= 0.6 is 0 Å². The maximum Gasteiger partial charge on any atom is 0.407 e. The Morgan fingerprint density at radius 3 is 2.59 bits per heavy atom. The Labute approximate surface area is 212 Å². The van der Waals surface area contributed by atoms with Crippen molar-refractivity contribution in [3.8, 4) is 23.1 Å². The molecule has 13 nitrogen and oxygen atoms in total. The third-order valence-electron chi connectivity index (χ3n) is 6.76. The van der Waals surface area contributed by atoms with E-state index in [4.69, 9.17) is 4.74 Å². The van der Waals surface area contributed by atoms with Crippen molar-refractivity contribution in [1.82, 2.24) is 44.5 Å². The van der Waals surface area contributed by atoms with E-state index < -0.39 is 12.2 Å². The van der Waals surface area contributed by atoms with Crippen LogP contribution in [0.3, 0.4) is 0 Å². The summed E-state index contributed by atoms with van der Waals surface area (Å²) in [5.41, 5.74) is 3.88. The van der Waals surface area contributed by atoms with E-state index >= 15 is 0 Å². The van der Waals surface area contributed by atoms with E-state index in [1.807, 2.05) is 44.6 Å². The number of pyridine rings is 1. The van der Waals surface area contributed by atoms with Crippen LogP contribution in [0.2, 0.25) is 0 Å². The van der Waals surface area contributed by atoms with E-state index in [0.29, 0.717) is 54.1 Å². The van der Waals surface area contributed by atoms with E-state index in [2.05, 4.69) is 31.8 Å². The third-order valence-corrected chi connectivity index (χ3v) is 6.76. The second kappa shape index (κ2) is 9.53. The standard InChI is InChI=1S/C24H28N10O3/c1-14(2)32-13-20(27-29-32)16(4)37-21-9-17(12-33-23(21)18(10-25)11-26-33)22-15(3)34(30-28-22)19-5-7-31(8-6-19)24(35)36/h9,11-14,16,19H,5-8H2,1-4H3,(H,35,36). The van der Waals surface area contributed by atoms with E-state index in [-0.39, 0.29) is 12.1 Å². The first-order valence-corrected chi connectivity index (χ1v) is 12.2. The molecule has 0 spiro atoms. The predicted octanol–water partition coefficient (Wildman–Crippen LogP) is 3.40. The molecule has 0 aromatic carbocycles. The SMILES string of the molecule is Cc1c(-c2cc(OC(C)c3cn(C(C)C)nn3)c3c(C#N)cnn3c2)nnn1C1CCN(C(=O)O)CC1. The molecule has 13 heteroatoms. The van der Waals surface area contributed by atoms with Gasteiger partial charge < -0.3 is 14.7 Å². The number of fused-ring (bicyclic) bond motifs is 1. The average Bonchev–Trinajstić information content (AvgIpc) is 3.62. The number of amides is 1. The molecule has 1 atom stereocenters. The smallest absolute Gasteiger partial charge is 0.407 e. The first kappa shape index (κ1) is 24.2. The summed E-state index contributed by atoms with van der Waals surface area (Å²) in [7, 11) is 0. The van der Waals surface area contributed by atoms with Gasteiger partial charge in [0.1, 0.15) is 40.4 Å². The minimum absolute atomic E-state index is 0.0646. The number of nitrogens with zero attached hydrogens (tertiary/aromatic N) is 10. The van der Waals surface area contributed by atoms with Crippen molar-refractivity contribution < 1.29 is 14.6 Å². The van der Waals surface area contributed by atoms with Gasteiger partial charge in [-0.15, -0.1) is 10.2 Å². The van der Waals surface area contributed by atoms with Gasteiger partial charge >= 0.3 is 6.09 Å². The number of piperidine rings is 1. The van der Waals surface area contributed by atoms with Gasteiger partial charge in [-0.2, -0.15) is 10.4 Å². The monoisotopic (exact) mass is 504 g/mol. The largest absolute Gasteiger partial charge is 0.482 e. The summed E-state index contributed by atoms with van der Waals surface area (Å²) in [6.45, 7) is 8.79. The summed E-state index contributed by atoms with van der Waals surface area (Å²) in [6.07, 6.45) is 5.17. The normalized spacial score (nSPS) is 15.3. The van der Waals surface area contributed by atoms with Crippen LogP contribution in [0.5, 0.6) is 5.75 Å². The Bertz CT molecular complexity index is 1490. The van der Waals surface area contributed by atoms with Crippen LogP contribution in [0.15, 0.2) is 24.7 Å². The first-order valence-electron chi connectivity index (χ1n) is 12.2. The second-order valence-electron chi connectivity index (χ2n) is 9.50. The summed E-state index contributed by atoms with van der Waals surface area (Å²) >= 11 is 0. The number of carbonyl (C=O) groups is 1. The highest BCUT2D eigenvalue weighted by atomic mass is 16.5. The topological polar surface area (TPSA) is 152 Å². The van der Waals surface area contributed by atoms with Crippen LogP contribution in [0.25, 0.3) is 16.8 Å². The van der Waals surface area contributed by atoms with Crippen molar-refractivity contribution in [3.05, 3.63) is 41.6 Å². The average molecular weight is 505 g/mol. The lowest BCUT2D eigenvalue weighted by Gasteiger charge is -2.30. The molecule has 1 aliphatic heterocycles. The maximum atomic E-state index is 11.3. The molecule has 1 unspecified atom stereocenters. The fraction of sp³-hybridized carbons (Fsp3) is 0.458. The van der Waals surface area contributed by atoms with Crippen molar-refractivity contribution in [3.63, 3.8) is 0 Å². The number of rotatable bonds is 6. The fourth-order valence-corrected chi connectivity index (χ4v) is 4.62. The minimum Gasteiger partial charge on any atom is -0.482 e. The molecule has 1 N–H and O–H groups in total. The number of likely N-dealkylation sites (tertiary alicyclic amines) is 1. The molecule has 1 aliphatic rings. The zero-order valence-corrected chi connectivity index (χ0v) is 21.1. The lowest BCUT2D eigenvalue weighted by atomic mass is 10.0. The summed E-state index contributed by atoms with van der Waals surface area (Å²) in [5.74, 6) is 0.474. The van der Waals surface area contributed by atoms with E-state index in [0.717, 1.165) is 11.3 Å². The quantitative estimate of drug-likeness (QED) is 0.416. The summed E-state index contributed by atoms with van der Waals surface area (Å²) in [4.78, 5) is 12.7. The summed E-state index contributed by atoms with van der Waals surface area (Å²) in [6, 6.07) is 4.26. The van der Waals surface area contributed by atoms with Crippen LogP contribution < -0.4 is 4.74 Å². The van der Waals surface area contributed by atoms with Crippen LogP contribution in [0, 0.1) is 18.3 Å². The summed E-state index contributed by atoms with van der Waals surface area (Å²) in [5, 5.41) is 40.5. The van der Waals surface area contributed by atoms with Gasteiger partial charge in [0.2, 0.25) is 0 Å². The van der Waals surface area contributed by atoms with Gasteiger partial charge in [0.05, 0.1) is 24.1 Å². The van der Waals surface area contributed by atoms with Gasteiger partial charge in [-0.3, -0.25) is 0 Å². The molecular formula is C24H28N10O3. The van der Waals surface area contributed by atoms with E-state index in [9.17, 15) is 15.2 Å². The highest BCUT2D eigenvalue weighted by molar-refractivity contribution is 5.74. The highest BCUT2D eigenvalue weighted by Crippen LogP contribution is 2.34. The molecule has 37 heavy (non-hydrogen) atoms. The highest BCUT2D eigenvalue weighted by Gasteiger charge is 2.27. The van der Waals surface area contributed by atoms with Gasteiger partial charge in [-0.1, -0.05) is 10.4 Å². The molecule has 1 amide bonds. The van der Waals surface area contributed by atoms with E-state index in [1.165, 1.54) is 11.1 Å². The predicted molar refractivity (Wildman–Crippen MR) is 131 cm³/mol. The fourth-order valence-electron chi connectivity index (χ4n) is 4.62. The van der Waals surface area contributed by atoms with Gasteiger partial charge in [-0.05, 0) is 46.6 Å². The molecule has 192 valence electrons. The number of hydrogen-bond acceptors (Lipinski definition) is 8. The Balaban J connectivity index is 1.48. The van der Waals surface area contributed by atoms with Crippen molar-refractivity contribution in [1.29, 1.82) is 5.26 Å². The minimum atomic E-state index is -0.896. The van der Waals surface area contributed by atoms with Crippen molar-refractivity contribution in [2.24, 2.45) is 0 Å². The zero-order chi connectivity index (χ0) is 26.3. The zero-order valence-electron chi connectivity index (χ0n) is 21.1. The molecule has 5 heterocycles. The van der Waals surface area contributed by atoms with Crippen molar-refractivity contribution in [2.75, 3.05) is 13.1 Å². The Hall–Kier alpha value is -4.47. The van der Waals surface area contributed by atoms with Gasteiger partial charge in [0.15, 0.2) is 0 Å². The number of ether oxygens (including phenoxy) is 1. The second-order valence-corrected chi connectivity index (χ2v) is 9.50. The van der Waals surface area contributed by atoms with E-state index in [1.54, 1.807) is 15.4 Å². The molecule has 4 aromatic heterocycles. The molecule has 4 aromatic rings. The molecule has 5 rings (SSSR count). The molecule has 1 saturated heterocycles. The van der Waals surface area contributed by atoms with Crippen LogP contribution in [0.4, 0.5) is 4.79 Å². The maximum absolute atomic E-state index is 11.3. The lowest BCUT2D eigenvalue weighted by molar-refractivity contribution is 0.123. The molecule has 0 aliphatic carbocycles. The Morgan fingerprint density at radius 1 is 1.19 bits per heavy atom. The van der Waals surface area contributed by atoms with Gasteiger partial charge in [0, 0.05) is 30.9 Å². The third kappa shape index (κ3) is 4.46. The first-order chi connectivity index (χ1) is 17.8. The van der Waals surface area contributed by atoms with Crippen LogP contribution in [-0.2, 0) is 0 Å². The number of hydrogen-bond donors (Lipinski definition) is 1. The van der Waals surface area contributed by atoms with Crippen molar-refractivity contribution in [2.45, 2.75) is 58.7 Å². The molecule has 0 bridgehead atoms. The molecule has 1 fully saturated rings. The molecule has 0 radical (unpaired) electrons. The van der Waals surface area contributed by atoms with Crippen LogP contribution in [-0.4, -0.2) is 68.8 Å². The lowest BCUT2D eigenvalue weighted by Crippen LogP contribution is -2.38. The number of aromatic nitrogens is 8. The Morgan fingerprint density at radius 2 is 1.95 bits per heavy atom. The van der Waals surface area contributed by atoms with Crippen LogP contribution in [0.1, 0.15) is 68.8 Å². The summed E-state index contributed by atoms with van der Waals surface area (Å²) < 4.78 is 11.6. The van der Waals surface area contributed by atoms with Gasteiger partial charge in [0.25, 0.3) is 0 Å². The molecule has 0 saturated carbocycles. The van der Waals surface area contributed by atoms with Gasteiger partial charge in [-0.25, -0.2) is 18.7 Å². The number of carboxylic acid groups (broad SMARTS) is 1. The molecular weight excluding hydrogens is 476 g/mol.